The van der Waals surface area contributed by atoms with E-state index in [2.05, 4.69) is 142 Å². The molecule has 462 valence electrons. The number of esters is 3. The van der Waals surface area contributed by atoms with Crippen molar-refractivity contribution >= 4 is 17.9 Å². The summed E-state index contributed by atoms with van der Waals surface area (Å²) >= 11 is 0. The van der Waals surface area contributed by atoms with Crippen LogP contribution in [0, 0.1) is 0 Å². The molecule has 6 heteroatoms. The number of ether oxygens (including phenoxy) is 3. The van der Waals surface area contributed by atoms with Gasteiger partial charge in [-0.25, -0.2) is 0 Å². The van der Waals surface area contributed by atoms with Gasteiger partial charge in [0, 0.05) is 19.3 Å². The summed E-state index contributed by atoms with van der Waals surface area (Å²) in [7, 11) is 0. The van der Waals surface area contributed by atoms with Gasteiger partial charge < -0.3 is 14.2 Å². The maximum absolute atomic E-state index is 13.0. The van der Waals surface area contributed by atoms with Crippen molar-refractivity contribution in [1.82, 2.24) is 0 Å². The van der Waals surface area contributed by atoms with Gasteiger partial charge in [-0.2, -0.15) is 0 Å². The second-order valence-electron chi connectivity index (χ2n) is 22.3. The van der Waals surface area contributed by atoms with Crippen LogP contribution in [0.2, 0.25) is 0 Å². The van der Waals surface area contributed by atoms with Crippen LogP contribution < -0.4 is 0 Å². The quantitative estimate of drug-likeness (QED) is 0.0261. The Morgan fingerprint density at radius 2 is 0.481 bits per heavy atom. The molecule has 0 aliphatic heterocycles. The summed E-state index contributed by atoms with van der Waals surface area (Å²) in [6.07, 6.45) is 95.0. The highest BCUT2D eigenvalue weighted by atomic mass is 16.6. The van der Waals surface area contributed by atoms with Crippen molar-refractivity contribution in [3.8, 4) is 0 Å². The smallest absolute Gasteiger partial charge is 0.306 e. The lowest BCUT2D eigenvalue weighted by molar-refractivity contribution is -0.167. The highest BCUT2D eigenvalue weighted by Gasteiger charge is 2.19. The third kappa shape index (κ3) is 66.5. The molecule has 0 spiro atoms. The minimum atomic E-state index is -0.803. The zero-order chi connectivity index (χ0) is 58.5. The number of allylic oxidation sites excluding steroid dienone is 20. The van der Waals surface area contributed by atoms with E-state index in [-0.39, 0.29) is 31.1 Å². The molecule has 0 aromatic carbocycles. The van der Waals surface area contributed by atoms with E-state index < -0.39 is 6.10 Å². The predicted octanol–water partition coefficient (Wildman–Crippen LogP) is 23.6. The molecule has 0 radical (unpaired) electrons. The summed E-state index contributed by atoms with van der Waals surface area (Å²) in [6.45, 7) is 6.41. The van der Waals surface area contributed by atoms with Gasteiger partial charge >= 0.3 is 17.9 Å². The predicted molar refractivity (Wildman–Crippen MR) is 353 cm³/mol. The molecule has 0 saturated heterocycles. The lowest BCUT2D eigenvalue weighted by Gasteiger charge is -2.18. The molecule has 0 aromatic heterocycles. The normalized spacial score (nSPS) is 12.9. The molecule has 0 aliphatic rings. The SMILES string of the molecule is CC/C=C\C/C=C\C/C=C\C/C=C\C/C=C\C/C=C\C/C=C\CCCCCC(=O)OCC(COC(=O)CCCCCCC/C=C\C/C=C\C/C=C\CC)OC(=O)CCCCCCCCCCCCCCCCCCCCCCCCC. The molecule has 0 aromatic rings. The Labute approximate surface area is 501 Å². The molecule has 0 amide bonds. The monoisotopic (exact) mass is 1120 g/mol. The molecule has 0 fully saturated rings. The van der Waals surface area contributed by atoms with Crippen LogP contribution in [0.25, 0.3) is 0 Å². The van der Waals surface area contributed by atoms with E-state index in [4.69, 9.17) is 14.2 Å². The first kappa shape index (κ1) is 76.8. The zero-order valence-electron chi connectivity index (χ0n) is 53.0. The molecule has 0 N–H and O–H groups in total. The summed E-state index contributed by atoms with van der Waals surface area (Å²) in [4.78, 5) is 38.4. The fraction of sp³-hybridized carbons (Fsp3) is 0.693. The molecule has 0 aliphatic carbocycles. The first-order valence-corrected chi connectivity index (χ1v) is 34.0. The van der Waals surface area contributed by atoms with Gasteiger partial charge in [-0.15, -0.1) is 0 Å². The first-order valence-electron chi connectivity index (χ1n) is 34.0. The van der Waals surface area contributed by atoms with Crippen molar-refractivity contribution in [2.45, 2.75) is 322 Å². The van der Waals surface area contributed by atoms with E-state index in [0.29, 0.717) is 19.3 Å². The molecule has 0 saturated carbocycles. The van der Waals surface area contributed by atoms with Crippen LogP contribution in [0.15, 0.2) is 122 Å². The Morgan fingerprint density at radius 3 is 0.765 bits per heavy atom. The second kappa shape index (κ2) is 68.3. The van der Waals surface area contributed by atoms with Gasteiger partial charge in [-0.1, -0.05) is 309 Å². The van der Waals surface area contributed by atoms with Crippen molar-refractivity contribution in [2.75, 3.05) is 13.2 Å². The summed E-state index contributed by atoms with van der Waals surface area (Å²) < 4.78 is 16.9. The first-order chi connectivity index (χ1) is 40.0. The number of rotatable bonds is 61. The molecule has 81 heavy (non-hydrogen) atoms. The summed E-state index contributed by atoms with van der Waals surface area (Å²) in [5.41, 5.74) is 0. The maximum atomic E-state index is 13.0. The van der Waals surface area contributed by atoms with E-state index in [1.807, 2.05) is 0 Å². The number of carbonyl (C=O) groups excluding carboxylic acids is 3. The van der Waals surface area contributed by atoms with Crippen LogP contribution in [0.1, 0.15) is 316 Å². The highest BCUT2D eigenvalue weighted by molar-refractivity contribution is 5.71. The summed E-state index contributed by atoms with van der Waals surface area (Å²) in [6, 6.07) is 0. The zero-order valence-corrected chi connectivity index (χ0v) is 53.0. The molecule has 0 heterocycles. The number of hydrogen-bond acceptors (Lipinski definition) is 6. The number of unbranched alkanes of at least 4 members (excludes halogenated alkanes) is 30. The van der Waals surface area contributed by atoms with Crippen LogP contribution in [-0.2, 0) is 28.6 Å². The Morgan fingerprint density at radius 1 is 0.259 bits per heavy atom. The van der Waals surface area contributed by atoms with Gasteiger partial charge in [-0.05, 0) is 109 Å². The van der Waals surface area contributed by atoms with E-state index in [9.17, 15) is 14.4 Å². The van der Waals surface area contributed by atoms with Crippen molar-refractivity contribution in [3.05, 3.63) is 122 Å². The Hall–Kier alpha value is -4.19. The molecule has 1 atom stereocenters. The van der Waals surface area contributed by atoms with Crippen molar-refractivity contribution in [1.29, 1.82) is 0 Å². The van der Waals surface area contributed by atoms with Gasteiger partial charge in [0.1, 0.15) is 13.2 Å². The molecular weight excluding hydrogens is 997 g/mol. The largest absolute Gasteiger partial charge is 0.462 e. The maximum Gasteiger partial charge on any atom is 0.306 e. The van der Waals surface area contributed by atoms with Crippen molar-refractivity contribution < 1.29 is 28.6 Å². The van der Waals surface area contributed by atoms with E-state index in [1.165, 1.54) is 128 Å². The van der Waals surface area contributed by atoms with Crippen LogP contribution >= 0.6 is 0 Å². The minimum absolute atomic E-state index is 0.0981. The topological polar surface area (TPSA) is 78.9 Å². The van der Waals surface area contributed by atoms with E-state index in [0.717, 1.165) is 148 Å². The fourth-order valence-corrected chi connectivity index (χ4v) is 9.44. The van der Waals surface area contributed by atoms with Crippen LogP contribution in [-0.4, -0.2) is 37.2 Å². The Balaban J connectivity index is 4.42. The van der Waals surface area contributed by atoms with Gasteiger partial charge in [-0.3, -0.25) is 14.4 Å². The molecule has 1 unspecified atom stereocenters. The van der Waals surface area contributed by atoms with Crippen molar-refractivity contribution in [3.63, 3.8) is 0 Å². The van der Waals surface area contributed by atoms with Crippen LogP contribution in [0.3, 0.4) is 0 Å². The highest BCUT2D eigenvalue weighted by Crippen LogP contribution is 2.17. The number of hydrogen-bond donors (Lipinski definition) is 0. The van der Waals surface area contributed by atoms with E-state index >= 15 is 0 Å². The van der Waals surface area contributed by atoms with Crippen molar-refractivity contribution in [2.24, 2.45) is 0 Å². The molecule has 6 nitrogen and oxygen atoms in total. The van der Waals surface area contributed by atoms with Gasteiger partial charge in [0.15, 0.2) is 6.10 Å². The summed E-state index contributed by atoms with van der Waals surface area (Å²) in [5, 5.41) is 0. The van der Waals surface area contributed by atoms with Crippen LogP contribution in [0.5, 0.6) is 0 Å². The fourth-order valence-electron chi connectivity index (χ4n) is 9.44. The average molecular weight is 1120 g/mol. The lowest BCUT2D eigenvalue weighted by Crippen LogP contribution is -2.30. The summed E-state index contributed by atoms with van der Waals surface area (Å²) in [5.74, 6) is -0.937. The number of carbonyl (C=O) groups is 3. The Bertz CT molecular complexity index is 1670. The molecule has 0 rings (SSSR count). The minimum Gasteiger partial charge on any atom is -0.462 e. The third-order valence-electron chi connectivity index (χ3n) is 14.5. The Kier molecular flexibility index (Phi) is 64.8. The van der Waals surface area contributed by atoms with E-state index in [1.54, 1.807) is 0 Å². The van der Waals surface area contributed by atoms with Gasteiger partial charge in [0.2, 0.25) is 0 Å². The molecular formula is C75H126O6. The van der Waals surface area contributed by atoms with Gasteiger partial charge in [0.05, 0.1) is 0 Å². The molecule has 0 bridgehead atoms. The lowest BCUT2D eigenvalue weighted by atomic mass is 10.0. The average Bonchev–Trinajstić information content (AvgIpc) is 3.47. The standard InChI is InChI=1S/C75H126O6/c1-4-7-10-13-16-19-22-25-28-30-32-34-36-37-39-40-42-44-47-50-53-56-59-62-65-68-74(77)80-71-72(70-79-73(76)67-64-61-58-55-52-49-46-27-24-21-18-15-12-9-6-3)81-75(78)69-66-63-60-57-54-51-48-45-43-41-38-35-33-31-29-26-23-20-17-14-11-8-5-2/h7,9-10,12,16,18-19,21,25,27-28,32,34,37,39,42,44,46,50,53,72H,4-6,8,11,13-15,17,20,22-24,26,29-31,33,35-36,38,40-41,43,45,47-49,51-52,54-71H2,1-3H3/b10-7-,12-9-,19-16-,21-18-,28-25-,34-32-,39-37-,44-42-,46-27-,53-50-. The van der Waals surface area contributed by atoms with Crippen LogP contribution in [0.4, 0.5) is 0 Å². The van der Waals surface area contributed by atoms with Gasteiger partial charge in [0.25, 0.3) is 0 Å². The third-order valence-corrected chi connectivity index (χ3v) is 14.5. The second-order valence-corrected chi connectivity index (χ2v) is 22.3.